The highest BCUT2D eigenvalue weighted by molar-refractivity contribution is 5.84. The Hall–Kier alpha value is -3.69. The van der Waals surface area contributed by atoms with Crippen molar-refractivity contribution >= 4 is 10.8 Å². The molecule has 0 amide bonds. The fourth-order valence-electron chi connectivity index (χ4n) is 3.69. The molecule has 172 valence electrons. The van der Waals surface area contributed by atoms with Crippen molar-refractivity contribution in [2.45, 2.75) is 19.4 Å². The summed E-state index contributed by atoms with van der Waals surface area (Å²) in [6.07, 6.45) is 0.318. The molecule has 0 heterocycles. The standard InChI is InChI=1S/C28H19F5O/c1-34-16-19-12-25(30)23(26(31)13-19)9-5-18-3-7-20(24(29)11-18)6-2-17-4-8-21-14-27(32)28(33)15-22(21)10-17/h3-4,7-8,10-15H,5,9,16H2,1H3. The summed E-state index contributed by atoms with van der Waals surface area (Å²) in [6.45, 7) is 0.108. The van der Waals surface area contributed by atoms with E-state index in [2.05, 4.69) is 11.8 Å². The fourth-order valence-corrected chi connectivity index (χ4v) is 3.69. The summed E-state index contributed by atoms with van der Waals surface area (Å²) >= 11 is 0. The number of hydrogen-bond donors (Lipinski definition) is 0. The monoisotopic (exact) mass is 466 g/mol. The largest absolute Gasteiger partial charge is 0.380 e. The van der Waals surface area contributed by atoms with E-state index in [0.717, 1.165) is 12.1 Å². The highest BCUT2D eigenvalue weighted by Gasteiger charge is 2.12. The molecule has 0 aromatic heterocycles. The third-order valence-electron chi connectivity index (χ3n) is 5.43. The zero-order chi connectivity index (χ0) is 24.2. The smallest absolute Gasteiger partial charge is 0.159 e. The Morgan fingerprint density at radius 3 is 1.97 bits per heavy atom. The van der Waals surface area contributed by atoms with Crippen LogP contribution < -0.4 is 0 Å². The van der Waals surface area contributed by atoms with Crippen LogP contribution in [0.2, 0.25) is 0 Å². The van der Waals surface area contributed by atoms with Gasteiger partial charge in [-0.1, -0.05) is 24.0 Å². The molecule has 0 aliphatic heterocycles. The number of ether oxygens (including phenoxy) is 1. The molecule has 0 saturated carbocycles. The topological polar surface area (TPSA) is 9.23 Å². The molecule has 0 N–H and O–H groups in total. The molecule has 0 unspecified atom stereocenters. The van der Waals surface area contributed by atoms with Crippen LogP contribution in [-0.2, 0) is 24.2 Å². The van der Waals surface area contributed by atoms with E-state index in [-0.39, 0.29) is 30.6 Å². The molecule has 4 aromatic carbocycles. The molecule has 0 spiro atoms. The van der Waals surface area contributed by atoms with Gasteiger partial charge in [-0.15, -0.1) is 0 Å². The van der Waals surface area contributed by atoms with Crippen LogP contribution in [0.1, 0.15) is 27.8 Å². The van der Waals surface area contributed by atoms with Crippen LogP contribution in [0, 0.1) is 40.9 Å². The minimum atomic E-state index is -0.954. The van der Waals surface area contributed by atoms with Crippen LogP contribution >= 0.6 is 0 Å². The first-order chi connectivity index (χ1) is 16.3. The van der Waals surface area contributed by atoms with Crippen LogP contribution in [0.25, 0.3) is 10.8 Å². The van der Waals surface area contributed by atoms with Crippen molar-refractivity contribution < 1.29 is 26.7 Å². The van der Waals surface area contributed by atoms with Crippen molar-refractivity contribution in [1.82, 2.24) is 0 Å². The fraction of sp³-hybridized carbons (Fsp3) is 0.143. The van der Waals surface area contributed by atoms with Gasteiger partial charge in [0.1, 0.15) is 17.5 Å². The van der Waals surface area contributed by atoms with Crippen LogP contribution in [-0.4, -0.2) is 7.11 Å². The number of fused-ring (bicyclic) bond motifs is 1. The maximum absolute atomic E-state index is 14.6. The van der Waals surface area contributed by atoms with Crippen LogP contribution in [0.3, 0.4) is 0 Å². The van der Waals surface area contributed by atoms with Crippen molar-refractivity contribution in [3.05, 3.63) is 118 Å². The van der Waals surface area contributed by atoms with Crippen molar-refractivity contribution in [3.8, 4) is 11.8 Å². The SMILES string of the molecule is COCc1cc(F)c(CCc2ccc(C#Cc3ccc4cc(F)c(F)cc4c3)c(F)c2)c(F)c1. The lowest BCUT2D eigenvalue weighted by atomic mass is 10.0. The Morgan fingerprint density at radius 1 is 0.618 bits per heavy atom. The summed E-state index contributed by atoms with van der Waals surface area (Å²) in [5.41, 5.74) is 1.59. The van der Waals surface area contributed by atoms with E-state index in [1.807, 2.05) is 0 Å². The van der Waals surface area contributed by atoms with Crippen molar-refractivity contribution in [3.63, 3.8) is 0 Å². The molecule has 0 atom stereocenters. The number of methoxy groups -OCH3 is 1. The van der Waals surface area contributed by atoms with Crippen molar-refractivity contribution in [1.29, 1.82) is 0 Å². The van der Waals surface area contributed by atoms with E-state index in [0.29, 0.717) is 27.5 Å². The molecule has 34 heavy (non-hydrogen) atoms. The molecule has 0 aliphatic rings. The third kappa shape index (κ3) is 5.27. The highest BCUT2D eigenvalue weighted by Crippen LogP contribution is 2.21. The molecule has 0 fully saturated rings. The minimum Gasteiger partial charge on any atom is -0.380 e. The minimum absolute atomic E-state index is 0.0586. The maximum atomic E-state index is 14.6. The average molecular weight is 466 g/mol. The van der Waals surface area contributed by atoms with Crippen LogP contribution in [0.5, 0.6) is 0 Å². The highest BCUT2D eigenvalue weighted by atomic mass is 19.2. The van der Waals surface area contributed by atoms with Gasteiger partial charge in [0.25, 0.3) is 0 Å². The van der Waals surface area contributed by atoms with Gasteiger partial charge in [-0.2, -0.15) is 0 Å². The first-order valence-corrected chi connectivity index (χ1v) is 10.5. The first-order valence-electron chi connectivity index (χ1n) is 10.5. The molecule has 0 aliphatic carbocycles. The summed E-state index contributed by atoms with van der Waals surface area (Å²) in [5, 5.41) is 1.01. The Labute approximate surface area is 193 Å². The second kappa shape index (κ2) is 10.1. The Balaban J connectivity index is 1.49. The number of aryl methyl sites for hydroxylation is 1. The van der Waals surface area contributed by atoms with E-state index in [4.69, 9.17) is 4.74 Å². The molecule has 4 rings (SSSR count). The molecular weight excluding hydrogens is 447 g/mol. The predicted molar refractivity (Wildman–Crippen MR) is 121 cm³/mol. The van der Waals surface area contributed by atoms with E-state index >= 15 is 0 Å². The lowest BCUT2D eigenvalue weighted by Gasteiger charge is -2.08. The van der Waals surface area contributed by atoms with E-state index in [1.54, 1.807) is 24.3 Å². The van der Waals surface area contributed by atoms with Gasteiger partial charge in [0.05, 0.1) is 12.2 Å². The Kier molecular flexibility index (Phi) is 6.95. The van der Waals surface area contributed by atoms with Gasteiger partial charge in [0.15, 0.2) is 11.6 Å². The summed E-state index contributed by atoms with van der Waals surface area (Å²) in [7, 11) is 1.44. The van der Waals surface area contributed by atoms with Gasteiger partial charge in [0, 0.05) is 18.2 Å². The number of hydrogen-bond acceptors (Lipinski definition) is 1. The van der Waals surface area contributed by atoms with Gasteiger partial charge >= 0.3 is 0 Å². The second-order valence-corrected chi connectivity index (χ2v) is 7.86. The van der Waals surface area contributed by atoms with Gasteiger partial charge in [0.2, 0.25) is 0 Å². The first kappa shape index (κ1) is 23.5. The summed E-state index contributed by atoms with van der Waals surface area (Å²) in [6, 6.07) is 14.0. The summed E-state index contributed by atoms with van der Waals surface area (Å²) in [5.74, 6) is 1.79. The van der Waals surface area contributed by atoms with Crippen molar-refractivity contribution in [2.24, 2.45) is 0 Å². The summed E-state index contributed by atoms with van der Waals surface area (Å²) in [4.78, 5) is 0. The Morgan fingerprint density at radius 2 is 1.29 bits per heavy atom. The maximum Gasteiger partial charge on any atom is 0.159 e. The predicted octanol–water partition coefficient (Wildman–Crippen LogP) is 6.87. The second-order valence-electron chi connectivity index (χ2n) is 7.86. The zero-order valence-electron chi connectivity index (χ0n) is 18.2. The van der Waals surface area contributed by atoms with E-state index in [1.165, 1.54) is 31.4 Å². The summed E-state index contributed by atoms with van der Waals surface area (Å²) < 4.78 is 74.8. The van der Waals surface area contributed by atoms with Crippen molar-refractivity contribution in [2.75, 3.05) is 7.11 Å². The quantitative estimate of drug-likeness (QED) is 0.231. The van der Waals surface area contributed by atoms with Crippen LogP contribution in [0.4, 0.5) is 22.0 Å². The van der Waals surface area contributed by atoms with Crippen LogP contribution in [0.15, 0.2) is 60.7 Å². The van der Waals surface area contributed by atoms with E-state index in [9.17, 15) is 22.0 Å². The lowest BCUT2D eigenvalue weighted by molar-refractivity contribution is 0.184. The average Bonchev–Trinajstić information content (AvgIpc) is 2.79. The third-order valence-corrected chi connectivity index (χ3v) is 5.43. The van der Waals surface area contributed by atoms with Gasteiger partial charge in [-0.05, 0) is 83.3 Å². The number of halogens is 5. The zero-order valence-corrected chi connectivity index (χ0v) is 18.2. The normalized spacial score (nSPS) is 10.9. The lowest BCUT2D eigenvalue weighted by Crippen LogP contribution is -2.02. The van der Waals surface area contributed by atoms with Gasteiger partial charge in [-0.25, -0.2) is 22.0 Å². The number of rotatable bonds is 5. The molecule has 6 heteroatoms. The van der Waals surface area contributed by atoms with Gasteiger partial charge in [-0.3, -0.25) is 0 Å². The van der Waals surface area contributed by atoms with E-state index < -0.39 is 29.1 Å². The Bertz CT molecular complexity index is 1410. The molecular formula is C28H19F5O. The molecule has 1 nitrogen and oxygen atoms in total. The molecule has 0 bridgehead atoms. The van der Waals surface area contributed by atoms with Gasteiger partial charge < -0.3 is 4.74 Å². The molecule has 0 radical (unpaired) electrons. The molecule has 0 saturated heterocycles. The number of benzene rings is 4. The molecule has 4 aromatic rings.